The van der Waals surface area contributed by atoms with Gasteiger partial charge in [-0.2, -0.15) is 0 Å². The van der Waals surface area contributed by atoms with E-state index in [1.165, 1.54) is 0 Å². The molecule has 1 N–H and O–H groups in total. The van der Waals surface area contributed by atoms with Gasteiger partial charge in [0, 0.05) is 31.3 Å². The molecule has 0 heterocycles. The lowest BCUT2D eigenvalue weighted by Gasteiger charge is -2.21. The third-order valence-electron chi connectivity index (χ3n) is 2.75. The molecule has 0 aromatic heterocycles. The number of carboxylic acid groups (broad SMARTS) is 1. The van der Waals surface area contributed by atoms with E-state index < -0.39 is 5.97 Å². The molecule has 1 aromatic rings. The van der Waals surface area contributed by atoms with E-state index in [-0.39, 0.29) is 6.42 Å². The van der Waals surface area contributed by atoms with Crippen LogP contribution in [0.1, 0.15) is 26.7 Å². The fourth-order valence-electron chi connectivity index (χ4n) is 1.77. The van der Waals surface area contributed by atoms with Crippen molar-refractivity contribution in [3.63, 3.8) is 0 Å². The predicted octanol–water partition coefficient (Wildman–Crippen LogP) is 2.78. The van der Waals surface area contributed by atoms with Gasteiger partial charge in [-0.1, -0.05) is 6.07 Å². The molecule has 100 valence electrons. The first-order chi connectivity index (χ1) is 8.67. The second-order valence-electron chi connectivity index (χ2n) is 4.02. The normalized spacial score (nSPS) is 10.1. The number of hydrogen-bond acceptors (Lipinski definition) is 3. The van der Waals surface area contributed by atoms with Crippen LogP contribution in [0.4, 0.5) is 5.69 Å². The lowest BCUT2D eigenvalue weighted by molar-refractivity contribution is -0.137. The first-order valence-corrected chi connectivity index (χ1v) is 6.37. The minimum absolute atomic E-state index is 0.149. The zero-order valence-corrected chi connectivity index (χ0v) is 11.1. The topological polar surface area (TPSA) is 49.8 Å². The van der Waals surface area contributed by atoms with E-state index in [2.05, 4.69) is 24.8 Å². The van der Waals surface area contributed by atoms with E-state index in [4.69, 9.17) is 9.84 Å². The van der Waals surface area contributed by atoms with Crippen molar-refractivity contribution in [1.29, 1.82) is 0 Å². The third-order valence-corrected chi connectivity index (χ3v) is 2.75. The van der Waals surface area contributed by atoms with Crippen molar-refractivity contribution in [3.8, 4) is 5.75 Å². The molecule has 0 fully saturated rings. The minimum atomic E-state index is -0.782. The maximum atomic E-state index is 10.4. The number of carbonyl (C=O) groups is 1. The molecule has 0 unspecified atom stereocenters. The Morgan fingerprint density at radius 1 is 1.33 bits per heavy atom. The maximum absolute atomic E-state index is 10.4. The number of hydrogen-bond donors (Lipinski definition) is 1. The van der Waals surface area contributed by atoms with Gasteiger partial charge >= 0.3 is 5.97 Å². The zero-order chi connectivity index (χ0) is 13.4. The van der Waals surface area contributed by atoms with Gasteiger partial charge in [-0.3, -0.25) is 4.79 Å². The Morgan fingerprint density at radius 3 is 2.67 bits per heavy atom. The summed E-state index contributed by atoms with van der Waals surface area (Å²) >= 11 is 0. The molecule has 1 aromatic carbocycles. The van der Waals surface area contributed by atoms with Crippen molar-refractivity contribution >= 4 is 11.7 Å². The summed E-state index contributed by atoms with van der Waals surface area (Å²) in [5.41, 5.74) is 1.13. The van der Waals surface area contributed by atoms with E-state index in [0.717, 1.165) is 24.5 Å². The standard InChI is InChI=1S/C14H21NO3/c1-3-15(4-2)12-7-5-8-13(11-12)18-10-6-9-14(16)17/h5,7-8,11H,3-4,6,9-10H2,1-2H3,(H,16,17). The highest BCUT2D eigenvalue weighted by atomic mass is 16.5. The highest BCUT2D eigenvalue weighted by molar-refractivity contribution is 5.66. The molecule has 0 aliphatic carbocycles. The largest absolute Gasteiger partial charge is 0.494 e. The van der Waals surface area contributed by atoms with Crippen molar-refractivity contribution in [1.82, 2.24) is 0 Å². The lowest BCUT2D eigenvalue weighted by Crippen LogP contribution is -2.21. The number of nitrogens with zero attached hydrogens (tertiary/aromatic N) is 1. The number of anilines is 1. The molecule has 0 saturated heterocycles. The van der Waals surface area contributed by atoms with E-state index in [9.17, 15) is 4.79 Å². The maximum Gasteiger partial charge on any atom is 0.303 e. The number of benzene rings is 1. The van der Waals surface area contributed by atoms with Crippen LogP contribution in [0, 0.1) is 0 Å². The first-order valence-electron chi connectivity index (χ1n) is 6.37. The molecule has 0 radical (unpaired) electrons. The Bertz CT molecular complexity index is 375. The molecule has 4 nitrogen and oxygen atoms in total. The highest BCUT2D eigenvalue weighted by Crippen LogP contribution is 2.21. The number of carboxylic acids is 1. The monoisotopic (exact) mass is 251 g/mol. The summed E-state index contributed by atoms with van der Waals surface area (Å²) < 4.78 is 5.55. The quantitative estimate of drug-likeness (QED) is 0.722. The van der Waals surface area contributed by atoms with Gasteiger partial charge in [0.1, 0.15) is 5.75 Å². The van der Waals surface area contributed by atoms with Crippen LogP contribution in [-0.2, 0) is 4.79 Å². The molecule has 0 spiro atoms. The van der Waals surface area contributed by atoms with Gasteiger partial charge in [-0.25, -0.2) is 0 Å². The van der Waals surface area contributed by atoms with Crippen LogP contribution in [0.15, 0.2) is 24.3 Å². The number of aliphatic carboxylic acids is 1. The summed E-state index contributed by atoms with van der Waals surface area (Å²) in [6.07, 6.45) is 0.681. The molecule has 0 saturated carbocycles. The van der Waals surface area contributed by atoms with E-state index in [1.54, 1.807) is 0 Å². The summed E-state index contributed by atoms with van der Waals surface area (Å²) in [6, 6.07) is 7.90. The third kappa shape index (κ3) is 4.65. The van der Waals surface area contributed by atoms with Crippen LogP contribution in [0.3, 0.4) is 0 Å². The van der Waals surface area contributed by atoms with Gasteiger partial charge in [0.05, 0.1) is 6.61 Å². The SMILES string of the molecule is CCN(CC)c1cccc(OCCCC(=O)O)c1. The van der Waals surface area contributed by atoms with Gasteiger partial charge in [0.2, 0.25) is 0 Å². The van der Waals surface area contributed by atoms with Crippen LogP contribution in [0.2, 0.25) is 0 Å². The summed E-state index contributed by atoms with van der Waals surface area (Å²) in [5, 5.41) is 8.53. The number of ether oxygens (including phenoxy) is 1. The summed E-state index contributed by atoms with van der Waals surface area (Å²) in [7, 11) is 0. The minimum Gasteiger partial charge on any atom is -0.494 e. The van der Waals surface area contributed by atoms with Crippen molar-refractivity contribution in [2.75, 3.05) is 24.6 Å². The van der Waals surface area contributed by atoms with E-state index in [0.29, 0.717) is 13.0 Å². The summed E-state index contributed by atoms with van der Waals surface area (Å²) in [6.45, 7) is 6.58. The van der Waals surface area contributed by atoms with E-state index >= 15 is 0 Å². The van der Waals surface area contributed by atoms with Crippen molar-refractivity contribution < 1.29 is 14.6 Å². The first kappa shape index (κ1) is 14.4. The lowest BCUT2D eigenvalue weighted by atomic mass is 10.2. The second kappa shape index (κ2) is 7.58. The van der Waals surface area contributed by atoms with Gasteiger partial charge in [-0.05, 0) is 32.4 Å². The molecular formula is C14H21NO3. The summed E-state index contributed by atoms with van der Waals surface area (Å²) in [4.78, 5) is 12.6. The molecule has 0 atom stereocenters. The van der Waals surface area contributed by atoms with E-state index in [1.807, 2.05) is 18.2 Å². The van der Waals surface area contributed by atoms with Gasteiger partial charge in [-0.15, -0.1) is 0 Å². The molecule has 0 aliphatic heterocycles. The van der Waals surface area contributed by atoms with Crippen LogP contribution >= 0.6 is 0 Å². The molecule has 1 rings (SSSR count). The van der Waals surface area contributed by atoms with Gasteiger partial charge in [0.15, 0.2) is 0 Å². The van der Waals surface area contributed by atoms with Crippen LogP contribution in [-0.4, -0.2) is 30.8 Å². The Hall–Kier alpha value is -1.71. The highest BCUT2D eigenvalue weighted by Gasteiger charge is 2.03. The van der Waals surface area contributed by atoms with Crippen LogP contribution in [0.5, 0.6) is 5.75 Å². The van der Waals surface area contributed by atoms with Gasteiger partial charge < -0.3 is 14.7 Å². The number of rotatable bonds is 8. The molecule has 18 heavy (non-hydrogen) atoms. The Labute approximate surface area is 108 Å². The molecular weight excluding hydrogens is 230 g/mol. The Balaban J connectivity index is 2.51. The van der Waals surface area contributed by atoms with Crippen LogP contribution < -0.4 is 9.64 Å². The summed E-state index contributed by atoms with van der Waals surface area (Å²) in [5.74, 6) is 0.0141. The molecule has 0 bridgehead atoms. The Kier molecular flexibility index (Phi) is 6.05. The molecule has 0 amide bonds. The molecule has 0 aliphatic rings. The average molecular weight is 251 g/mol. The zero-order valence-electron chi connectivity index (χ0n) is 11.1. The smallest absolute Gasteiger partial charge is 0.303 e. The average Bonchev–Trinajstić information content (AvgIpc) is 2.36. The van der Waals surface area contributed by atoms with Crippen molar-refractivity contribution in [2.24, 2.45) is 0 Å². The fraction of sp³-hybridized carbons (Fsp3) is 0.500. The van der Waals surface area contributed by atoms with Gasteiger partial charge in [0.25, 0.3) is 0 Å². The second-order valence-corrected chi connectivity index (χ2v) is 4.02. The van der Waals surface area contributed by atoms with Crippen molar-refractivity contribution in [3.05, 3.63) is 24.3 Å². The fourth-order valence-corrected chi connectivity index (χ4v) is 1.77. The van der Waals surface area contributed by atoms with Crippen LogP contribution in [0.25, 0.3) is 0 Å². The predicted molar refractivity (Wildman–Crippen MR) is 72.4 cm³/mol. The Morgan fingerprint density at radius 2 is 2.06 bits per heavy atom. The van der Waals surface area contributed by atoms with Crippen molar-refractivity contribution in [2.45, 2.75) is 26.7 Å². The molecule has 4 heteroatoms.